The van der Waals surface area contributed by atoms with Crippen LogP contribution in [0.3, 0.4) is 0 Å². The summed E-state index contributed by atoms with van der Waals surface area (Å²) in [5, 5.41) is 0. The van der Waals surface area contributed by atoms with Gasteiger partial charge >= 0.3 is 0 Å². The Hall–Kier alpha value is -0.780. The van der Waals surface area contributed by atoms with Crippen molar-refractivity contribution in [2.75, 3.05) is 0 Å². The van der Waals surface area contributed by atoms with E-state index in [4.69, 9.17) is 0 Å². The van der Waals surface area contributed by atoms with Crippen molar-refractivity contribution in [1.82, 2.24) is 0 Å². The summed E-state index contributed by atoms with van der Waals surface area (Å²) in [7, 11) is 0. The van der Waals surface area contributed by atoms with E-state index in [0.717, 1.165) is 6.42 Å². The highest BCUT2D eigenvalue weighted by Gasteiger charge is 1.95. The molecule has 62 valence electrons. The molecule has 0 aromatic heterocycles. The van der Waals surface area contributed by atoms with E-state index in [1.165, 1.54) is 5.57 Å². The molecular formula is C11H18. The lowest BCUT2D eigenvalue weighted by molar-refractivity contribution is 0.856. The van der Waals surface area contributed by atoms with Crippen LogP contribution in [0.5, 0.6) is 0 Å². The van der Waals surface area contributed by atoms with E-state index >= 15 is 0 Å². The second-order valence-corrected chi connectivity index (χ2v) is 2.77. The largest absolute Gasteiger partial charge is 0.103 e. The lowest BCUT2D eigenvalue weighted by Gasteiger charge is -2.04. The Morgan fingerprint density at radius 3 is 2.64 bits per heavy atom. The predicted octanol–water partition coefficient (Wildman–Crippen LogP) is 3.72. The summed E-state index contributed by atoms with van der Waals surface area (Å²) in [4.78, 5) is 0. The lowest BCUT2D eigenvalue weighted by Crippen LogP contribution is -1.89. The van der Waals surface area contributed by atoms with Crippen molar-refractivity contribution in [1.29, 1.82) is 0 Å². The Kier molecular flexibility index (Phi) is 5.54. The van der Waals surface area contributed by atoms with Gasteiger partial charge in [0.1, 0.15) is 0 Å². The maximum atomic E-state index is 3.66. The molecule has 0 radical (unpaired) electrons. The van der Waals surface area contributed by atoms with Gasteiger partial charge < -0.3 is 0 Å². The van der Waals surface area contributed by atoms with Crippen LogP contribution in [0.2, 0.25) is 0 Å². The Morgan fingerprint density at radius 2 is 2.18 bits per heavy atom. The molecule has 0 aliphatic heterocycles. The normalized spacial score (nSPS) is 15.4. The minimum absolute atomic E-state index is 0.569. The predicted molar refractivity (Wildman–Crippen MR) is 52.5 cm³/mol. The molecule has 11 heavy (non-hydrogen) atoms. The zero-order valence-electron chi connectivity index (χ0n) is 7.80. The van der Waals surface area contributed by atoms with Gasteiger partial charge in [0.05, 0.1) is 0 Å². The summed E-state index contributed by atoms with van der Waals surface area (Å²) in [5.74, 6) is 0.569. The minimum Gasteiger partial charge on any atom is -0.103 e. The van der Waals surface area contributed by atoms with E-state index in [9.17, 15) is 0 Å². The van der Waals surface area contributed by atoms with E-state index in [0.29, 0.717) is 5.92 Å². The second kappa shape index (κ2) is 5.96. The van der Waals surface area contributed by atoms with E-state index < -0.39 is 0 Å². The molecular weight excluding hydrogens is 132 g/mol. The third kappa shape index (κ3) is 4.60. The molecule has 0 bridgehead atoms. The van der Waals surface area contributed by atoms with Gasteiger partial charge in [-0.1, -0.05) is 36.8 Å². The van der Waals surface area contributed by atoms with E-state index in [2.05, 4.69) is 45.6 Å². The van der Waals surface area contributed by atoms with Gasteiger partial charge in [0, 0.05) is 0 Å². The molecule has 0 fully saturated rings. The van der Waals surface area contributed by atoms with Crippen LogP contribution in [0.1, 0.15) is 27.2 Å². The quantitative estimate of drug-likeness (QED) is 0.536. The number of rotatable bonds is 4. The fourth-order valence-electron chi connectivity index (χ4n) is 0.794. The van der Waals surface area contributed by atoms with Crippen LogP contribution < -0.4 is 0 Å². The SMILES string of the molecule is C=CC/C=C/C(C)/C(C)=C/C. The van der Waals surface area contributed by atoms with Gasteiger partial charge in [-0.25, -0.2) is 0 Å². The molecule has 0 saturated carbocycles. The summed E-state index contributed by atoms with van der Waals surface area (Å²) in [6.07, 6.45) is 9.42. The van der Waals surface area contributed by atoms with Crippen LogP contribution >= 0.6 is 0 Å². The van der Waals surface area contributed by atoms with Gasteiger partial charge in [-0.05, 0) is 26.2 Å². The maximum Gasteiger partial charge on any atom is -0.00544 e. The first kappa shape index (κ1) is 10.2. The molecule has 0 N–H and O–H groups in total. The van der Waals surface area contributed by atoms with Gasteiger partial charge in [0.25, 0.3) is 0 Å². The molecule has 0 aliphatic rings. The lowest BCUT2D eigenvalue weighted by atomic mass is 10.0. The molecule has 0 aromatic carbocycles. The summed E-state index contributed by atoms with van der Waals surface area (Å²) >= 11 is 0. The van der Waals surface area contributed by atoms with Crippen LogP contribution in [0, 0.1) is 5.92 Å². The molecule has 0 amide bonds. The molecule has 0 aromatic rings. The van der Waals surface area contributed by atoms with Crippen LogP contribution in [0.25, 0.3) is 0 Å². The number of hydrogen-bond acceptors (Lipinski definition) is 0. The molecule has 0 rings (SSSR count). The Labute approximate surface area is 70.3 Å². The van der Waals surface area contributed by atoms with Crippen LogP contribution in [-0.2, 0) is 0 Å². The van der Waals surface area contributed by atoms with Gasteiger partial charge in [0.15, 0.2) is 0 Å². The summed E-state index contributed by atoms with van der Waals surface area (Å²) in [6, 6.07) is 0. The van der Waals surface area contributed by atoms with E-state index in [1.807, 2.05) is 6.08 Å². The average Bonchev–Trinajstić information content (AvgIpc) is 2.03. The average molecular weight is 150 g/mol. The maximum absolute atomic E-state index is 3.66. The minimum atomic E-state index is 0.569. The highest BCUT2D eigenvalue weighted by atomic mass is 14.0. The zero-order valence-corrected chi connectivity index (χ0v) is 7.80. The smallest absolute Gasteiger partial charge is 0.00544 e. The summed E-state index contributed by atoms with van der Waals surface area (Å²) < 4.78 is 0. The first-order valence-corrected chi connectivity index (χ1v) is 4.12. The van der Waals surface area contributed by atoms with Crippen molar-refractivity contribution in [3.05, 3.63) is 36.5 Å². The first-order valence-electron chi connectivity index (χ1n) is 4.12. The number of hydrogen-bond donors (Lipinski definition) is 0. The first-order chi connectivity index (χ1) is 5.22. The second-order valence-electron chi connectivity index (χ2n) is 2.77. The van der Waals surface area contributed by atoms with Gasteiger partial charge in [-0.15, -0.1) is 6.58 Å². The Bertz CT molecular complexity index is 161. The molecule has 0 saturated heterocycles. The van der Waals surface area contributed by atoms with Gasteiger partial charge in [0.2, 0.25) is 0 Å². The molecule has 0 nitrogen and oxygen atoms in total. The third-order valence-corrected chi connectivity index (χ3v) is 1.90. The number of allylic oxidation sites excluding steroid dienone is 5. The van der Waals surface area contributed by atoms with Crippen molar-refractivity contribution in [3.63, 3.8) is 0 Å². The van der Waals surface area contributed by atoms with Crippen LogP contribution in [0.15, 0.2) is 36.5 Å². The molecule has 0 aliphatic carbocycles. The molecule has 1 atom stereocenters. The standard InChI is InChI=1S/C11H18/c1-5-7-8-9-11(4)10(3)6-2/h5-6,8-9,11H,1,7H2,2-4H3/b9-8+,10-6+. The van der Waals surface area contributed by atoms with Crippen LogP contribution in [-0.4, -0.2) is 0 Å². The molecule has 0 heterocycles. The monoisotopic (exact) mass is 150 g/mol. The van der Waals surface area contributed by atoms with Crippen molar-refractivity contribution in [2.45, 2.75) is 27.2 Å². The topological polar surface area (TPSA) is 0 Å². The fourth-order valence-corrected chi connectivity index (χ4v) is 0.794. The van der Waals surface area contributed by atoms with E-state index in [-0.39, 0.29) is 0 Å². The summed E-state index contributed by atoms with van der Waals surface area (Å²) in [6.45, 7) is 10.1. The van der Waals surface area contributed by atoms with Crippen molar-refractivity contribution in [3.8, 4) is 0 Å². The van der Waals surface area contributed by atoms with Crippen molar-refractivity contribution in [2.24, 2.45) is 5.92 Å². The fraction of sp³-hybridized carbons (Fsp3) is 0.455. The Balaban J connectivity index is 3.85. The highest BCUT2D eigenvalue weighted by Crippen LogP contribution is 2.10. The van der Waals surface area contributed by atoms with E-state index in [1.54, 1.807) is 0 Å². The van der Waals surface area contributed by atoms with Crippen molar-refractivity contribution >= 4 is 0 Å². The van der Waals surface area contributed by atoms with Gasteiger partial charge in [-0.2, -0.15) is 0 Å². The zero-order chi connectivity index (χ0) is 8.69. The third-order valence-electron chi connectivity index (χ3n) is 1.90. The van der Waals surface area contributed by atoms with Crippen molar-refractivity contribution < 1.29 is 0 Å². The Morgan fingerprint density at radius 1 is 1.55 bits per heavy atom. The molecule has 0 heteroatoms. The highest BCUT2D eigenvalue weighted by molar-refractivity contribution is 5.09. The molecule has 0 spiro atoms. The van der Waals surface area contributed by atoms with Crippen LogP contribution in [0.4, 0.5) is 0 Å². The summed E-state index contributed by atoms with van der Waals surface area (Å²) in [5.41, 5.74) is 1.42. The molecule has 1 unspecified atom stereocenters. The van der Waals surface area contributed by atoms with Gasteiger partial charge in [-0.3, -0.25) is 0 Å².